The molecule has 1 aliphatic heterocycles. The van der Waals surface area contributed by atoms with Crippen LogP contribution in [0.1, 0.15) is 58.8 Å². The van der Waals surface area contributed by atoms with Crippen molar-refractivity contribution in [3.63, 3.8) is 0 Å². The van der Waals surface area contributed by atoms with E-state index in [0.29, 0.717) is 11.3 Å². The molecule has 0 aromatic heterocycles. The summed E-state index contributed by atoms with van der Waals surface area (Å²) in [7, 11) is 0. The molecule has 1 saturated carbocycles. The molecule has 1 unspecified atom stereocenters. The molecule has 2 rings (SSSR count). The second-order valence-electron chi connectivity index (χ2n) is 6.51. The molecule has 0 spiro atoms. The molecular formula is C15H28N2O. The van der Waals surface area contributed by atoms with Crippen LogP contribution in [-0.4, -0.2) is 36.5 Å². The van der Waals surface area contributed by atoms with Crippen molar-refractivity contribution in [1.82, 2.24) is 10.2 Å². The molecule has 1 N–H and O–H groups in total. The maximum atomic E-state index is 12.3. The van der Waals surface area contributed by atoms with Gasteiger partial charge in [-0.2, -0.15) is 0 Å². The summed E-state index contributed by atoms with van der Waals surface area (Å²) >= 11 is 0. The van der Waals surface area contributed by atoms with Crippen LogP contribution in [0.25, 0.3) is 0 Å². The van der Waals surface area contributed by atoms with Crippen LogP contribution in [0.2, 0.25) is 0 Å². The second kappa shape index (κ2) is 6.05. The Kier molecular flexibility index (Phi) is 4.66. The largest absolute Gasteiger partial charge is 0.341 e. The first-order chi connectivity index (χ1) is 8.61. The van der Waals surface area contributed by atoms with E-state index in [1.807, 2.05) is 11.8 Å². The Balaban J connectivity index is 1.76. The van der Waals surface area contributed by atoms with Crippen molar-refractivity contribution in [1.29, 1.82) is 0 Å². The Morgan fingerprint density at radius 3 is 2.39 bits per heavy atom. The quantitative estimate of drug-likeness (QED) is 0.834. The molecule has 2 aliphatic rings. The normalized spacial score (nSPS) is 25.1. The number of nitrogens with one attached hydrogen (secondary N) is 1. The molecule has 1 heterocycles. The number of rotatable bonds is 4. The van der Waals surface area contributed by atoms with E-state index in [4.69, 9.17) is 0 Å². The zero-order chi connectivity index (χ0) is 13.0. The molecule has 3 nitrogen and oxygen atoms in total. The summed E-state index contributed by atoms with van der Waals surface area (Å²) in [5.74, 6) is 0.302. The van der Waals surface area contributed by atoms with Gasteiger partial charge >= 0.3 is 0 Å². The number of likely N-dealkylation sites (tertiary alicyclic amines) is 1. The van der Waals surface area contributed by atoms with Crippen LogP contribution in [0.15, 0.2) is 0 Å². The monoisotopic (exact) mass is 252 g/mol. The van der Waals surface area contributed by atoms with Crippen LogP contribution in [0, 0.1) is 5.41 Å². The zero-order valence-electron chi connectivity index (χ0n) is 12.0. The highest BCUT2D eigenvalue weighted by molar-refractivity contribution is 5.81. The minimum atomic E-state index is -0.0134. The van der Waals surface area contributed by atoms with Gasteiger partial charge in [0.2, 0.25) is 5.91 Å². The maximum Gasteiger partial charge on any atom is 0.239 e. The third kappa shape index (κ3) is 3.47. The fourth-order valence-corrected chi connectivity index (χ4v) is 3.28. The SMILES string of the molecule is CC(NCC1(C)CCCC1)C(=O)N1CCCCC1. The molecule has 0 aromatic rings. The van der Waals surface area contributed by atoms with Crippen molar-refractivity contribution in [3.05, 3.63) is 0 Å². The number of amides is 1. The van der Waals surface area contributed by atoms with Crippen LogP contribution in [0.3, 0.4) is 0 Å². The number of carbonyl (C=O) groups is 1. The van der Waals surface area contributed by atoms with Crippen molar-refractivity contribution in [2.24, 2.45) is 5.41 Å². The van der Waals surface area contributed by atoms with Crippen LogP contribution in [0.4, 0.5) is 0 Å². The summed E-state index contributed by atoms with van der Waals surface area (Å²) in [4.78, 5) is 14.3. The van der Waals surface area contributed by atoms with E-state index < -0.39 is 0 Å². The molecule has 1 atom stereocenters. The highest BCUT2D eigenvalue weighted by atomic mass is 16.2. The predicted octanol–water partition coefficient (Wildman–Crippen LogP) is 2.56. The third-order valence-corrected chi connectivity index (χ3v) is 4.68. The fraction of sp³-hybridized carbons (Fsp3) is 0.933. The summed E-state index contributed by atoms with van der Waals surface area (Å²) in [5.41, 5.74) is 0.427. The first kappa shape index (κ1) is 13.9. The molecule has 104 valence electrons. The zero-order valence-corrected chi connectivity index (χ0v) is 12.0. The number of piperidine rings is 1. The Labute approximate surface area is 111 Å². The Morgan fingerprint density at radius 2 is 1.78 bits per heavy atom. The minimum Gasteiger partial charge on any atom is -0.341 e. The molecule has 3 heteroatoms. The van der Waals surface area contributed by atoms with Gasteiger partial charge in [0.15, 0.2) is 0 Å². The molecule has 0 bridgehead atoms. The number of hydrogen-bond acceptors (Lipinski definition) is 2. The smallest absolute Gasteiger partial charge is 0.239 e. The van der Waals surface area contributed by atoms with Crippen molar-refractivity contribution >= 4 is 5.91 Å². The second-order valence-corrected chi connectivity index (χ2v) is 6.51. The summed E-state index contributed by atoms with van der Waals surface area (Å²) in [6.07, 6.45) is 8.96. The van der Waals surface area contributed by atoms with E-state index >= 15 is 0 Å². The first-order valence-electron chi connectivity index (χ1n) is 7.63. The van der Waals surface area contributed by atoms with Gasteiger partial charge in [-0.15, -0.1) is 0 Å². The fourth-order valence-electron chi connectivity index (χ4n) is 3.28. The van der Waals surface area contributed by atoms with Gasteiger partial charge in [0.25, 0.3) is 0 Å². The van der Waals surface area contributed by atoms with E-state index in [2.05, 4.69) is 12.2 Å². The van der Waals surface area contributed by atoms with Crippen molar-refractivity contribution < 1.29 is 4.79 Å². The highest BCUT2D eigenvalue weighted by Gasteiger charge is 2.30. The molecular weight excluding hydrogens is 224 g/mol. The maximum absolute atomic E-state index is 12.3. The summed E-state index contributed by atoms with van der Waals surface area (Å²) in [5, 5.41) is 3.47. The summed E-state index contributed by atoms with van der Waals surface area (Å²) in [6, 6.07) is -0.0134. The van der Waals surface area contributed by atoms with Gasteiger partial charge in [-0.1, -0.05) is 19.8 Å². The lowest BCUT2D eigenvalue weighted by Crippen LogP contribution is -2.48. The Morgan fingerprint density at radius 1 is 1.17 bits per heavy atom. The molecule has 0 radical (unpaired) electrons. The predicted molar refractivity (Wildman–Crippen MR) is 74.5 cm³/mol. The average molecular weight is 252 g/mol. The number of hydrogen-bond donors (Lipinski definition) is 1. The van der Waals surface area contributed by atoms with Gasteiger partial charge in [0.05, 0.1) is 6.04 Å². The molecule has 18 heavy (non-hydrogen) atoms. The van der Waals surface area contributed by atoms with E-state index in [1.54, 1.807) is 0 Å². The van der Waals surface area contributed by atoms with Crippen molar-refractivity contribution in [2.45, 2.75) is 64.8 Å². The topological polar surface area (TPSA) is 32.3 Å². The molecule has 1 aliphatic carbocycles. The van der Waals surface area contributed by atoms with Crippen LogP contribution >= 0.6 is 0 Å². The van der Waals surface area contributed by atoms with Crippen molar-refractivity contribution in [3.8, 4) is 0 Å². The van der Waals surface area contributed by atoms with Crippen LogP contribution in [0.5, 0.6) is 0 Å². The van der Waals surface area contributed by atoms with Gasteiger partial charge in [0.1, 0.15) is 0 Å². The number of carbonyl (C=O) groups excluding carboxylic acids is 1. The Hall–Kier alpha value is -0.570. The van der Waals surface area contributed by atoms with Crippen molar-refractivity contribution in [2.75, 3.05) is 19.6 Å². The standard InChI is InChI=1S/C15H28N2O/c1-13(14(18)17-10-6-3-7-11-17)16-12-15(2)8-4-5-9-15/h13,16H,3-12H2,1-2H3. The third-order valence-electron chi connectivity index (χ3n) is 4.68. The van der Waals surface area contributed by atoms with E-state index in [-0.39, 0.29) is 6.04 Å². The highest BCUT2D eigenvalue weighted by Crippen LogP contribution is 2.36. The lowest BCUT2D eigenvalue weighted by molar-refractivity contribution is -0.134. The lowest BCUT2D eigenvalue weighted by Gasteiger charge is -2.31. The minimum absolute atomic E-state index is 0.0134. The van der Waals surface area contributed by atoms with E-state index in [0.717, 1.165) is 19.6 Å². The molecule has 1 amide bonds. The van der Waals surface area contributed by atoms with Gasteiger partial charge < -0.3 is 10.2 Å². The van der Waals surface area contributed by atoms with Gasteiger partial charge in [0, 0.05) is 19.6 Å². The van der Waals surface area contributed by atoms with E-state index in [1.165, 1.54) is 44.9 Å². The lowest BCUT2D eigenvalue weighted by atomic mass is 9.88. The average Bonchev–Trinajstić information content (AvgIpc) is 2.83. The first-order valence-corrected chi connectivity index (χ1v) is 7.63. The van der Waals surface area contributed by atoms with E-state index in [9.17, 15) is 4.79 Å². The summed E-state index contributed by atoms with van der Waals surface area (Å²) < 4.78 is 0. The van der Waals surface area contributed by atoms with Gasteiger partial charge in [-0.3, -0.25) is 4.79 Å². The van der Waals surface area contributed by atoms with Crippen LogP contribution in [-0.2, 0) is 4.79 Å². The molecule has 0 aromatic carbocycles. The Bertz CT molecular complexity index is 278. The molecule has 1 saturated heterocycles. The molecule has 2 fully saturated rings. The van der Waals surface area contributed by atoms with Gasteiger partial charge in [-0.25, -0.2) is 0 Å². The van der Waals surface area contributed by atoms with Gasteiger partial charge in [-0.05, 0) is 44.4 Å². The summed E-state index contributed by atoms with van der Waals surface area (Å²) in [6.45, 7) is 7.29. The number of nitrogens with zero attached hydrogens (tertiary/aromatic N) is 1. The van der Waals surface area contributed by atoms with Crippen LogP contribution < -0.4 is 5.32 Å².